The van der Waals surface area contributed by atoms with E-state index in [1.54, 1.807) is 25.3 Å². The number of hydrogen-bond donors (Lipinski definition) is 2. The summed E-state index contributed by atoms with van der Waals surface area (Å²) in [6.45, 7) is 2.63. The van der Waals surface area contributed by atoms with Crippen molar-refractivity contribution in [2.75, 3.05) is 26.9 Å². The first-order chi connectivity index (χ1) is 13.0. The second-order valence-electron chi connectivity index (χ2n) is 6.15. The summed E-state index contributed by atoms with van der Waals surface area (Å²) in [7, 11) is 1.58. The molecule has 0 aromatic heterocycles. The Morgan fingerprint density at radius 1 is 1.07 bits per heavy atom. The van der Waals surface area contributed by atoms with Gasteiger partial charge in [0.1, 0.15) is 24.2 Å². The highest BCUT2D eigenvalue weighted by Crippen LogP contribution is 2.21. The average Bonchev–Trinajstić information content (AvgIpc) is 2.70. The molecule has 0 aliphatic rings. The van der Waals surface area contributed by atoms with Crippen LogP contribution in [0.25, 0.3) is 0 Å². The van der Waals surface area contributed by atoms with Gasteiger partial charge in [0.05, 0.1) is 19.6 Å². The molecule has 0 heterocycles. The Balaban J connectivity index is 1.90. The van der Waals surface area contributed by atoms with E-state index in [4.69, 9.17) is 14.2 Å². The number of carbonyl (C=O) groups is 1. The van der Waals surface area contributed by atoms with Crippen LogP contribution in [0.4, 0.5) is 0 Å². The maximum atomic E-state index is 11.3. The van der Waals surface area contributed by atoms with Gasteiger partial charge in [-0.15, -0.1) is 0 Å². The molecule has 2 rings (SSSR count). The number of hydrogen-bond acceptors (Lipinski definition) is 5. The topological polar surface area (TPSA) is 85.2 Å². The number of ether oxygens (including phenoxy) is 3. The Morgan fingerprint density at radius 2 is 1.81 bits per heavy atom. The third-order valence-corrected chi connectivity index (χ3v) is 4.16. The van der Waals surface area contributed by atoms with Crippen molar-refractivity contribution >= 4 is 5.97 Å². The summed E-state index contributed by atoms with van der Waals surface area (Å²) in [6.07, 6.45) is -0.385. The molecule has 0 saturated heterocycles. The van der Waals surface area contributed by atoms with Gasteiger partial charge in [-0.1, -0.05) is 24.3 Å². The number of aliphatic hydroxyl groups excluding tert-OH is 1. The van der Waals surface area contributed by atoms with Gasteiger partial charge in [0.2, 0.25) is 0 Å². The maximum Gasteiger partial charge on any atom is 0.309 e. The van der Waals surface area contributed by atoms with Crippen molar-refractivity contribution in [2.45, 2.75) is 19.4 Å². The first kappa shape index (κ1) is 20.7. The molecule has 0 saturated carbocycles. The van der Waals surface area contributed by atoms with Crippen molar-refractivity contribution in [3.05, 3.63) is 59.7 Å². The van der Waals surface area contributed by atoms with Gasteiger partial charge < -0.3 is 24.4 Å². The van der Waals surface area contributed by atoms with Crippen LogP contribution in [0.1, 0.15) is 24.2 Å². The third kappa shape index (κ3) is 6.58. The van der Waals surface area contributed by atoms with E-state index in [1.165, 1.54) is 0 Å². The molecule has 0 spiro atoms. The molecule has 0 amide bonds. The van der Waals surface area contributed by atoms with Gasteiger partial charge in [-0.2, -0.15) is 0 Å². The van der Waals surface area contributed by atoms with E-state index >= 15 is 0 Å². The van der Waals surface area contributed by atoms with Crippen LogP contribution in [-0.2, 0) is 16.0 Å². The minimum atomic E-state index is -0.870. The van der Waals surface area contributed by atoms with E-state index in [2.05, 4.69) is 0 Å². The van der Waals surface area contributed by atoms with Crippen molar-refractivity contribution < 1.29 is 29.2 Å². The minimum Gasteiger partial charge on any atom is -0.497 e. The largest absolute Gasteiger partial charge is 0.497 e. The zero-order valence-corrected chi connectivity index (χ0v) is 15.6. The average molecular weight is 374 g/mol. The fourth-order valence-corrected chi connectivity index (χ4v) is 2.60. The normalized spacial score (nSPS) is 13.0. The van der Waals surface area contributed by atoms with Crippen molar-refractivity contribution in [3.8, 4) is 11.5 Å². The van der Waals surface area contributed by atoms with E-state index < -0.39 is 18.0 Å². The quantitative estimate of drug-likeness (QED) is 0.629. The summed E-state index contributed by atoms with van der Waals surface area (Å²) in [5, 5.41) is 19.5. The van der Waals surface area contributed by atoms with Crippen LogP contribution in [0.15, 0.2) is 48.5 Å². The van der Waals surface area contributed by atoms with E-state index in [9.17, 15) is 15.0 Å². The Hall–Kier alpha value is -2.57. The van der Waals surface area contributed by atoms with Gasteiger partial charge in [-0.3, -0.25) is 4.79 Å². The molecule has 0 aliphatic carbocycles. The van der Waals surface area contributed by atoms with Gasteiger partial charge in [-0.05, 0) is 48.7 Å². The van der Waals surface area contributed by atoms with Gasteiger partial charge in [0.25, 0.3) is 0 Å². The van der Waals surface area contributed by atoms with E-state index in [-0.39, 0.29) is 13.2 Å². The number of aliphatic hydroxyl groups is 1. The standard InChI is InChI=1S/C21H26O6/c1-3-26-13-17(21(23)24)11-15-7-9-18(10-8-15)27-14-20(22)16-5-4-6-19(12-16)25-2/h4-10,12,17,20,22H,3,11,13-14H2,1-2H3,(H,23,24)/t17?,20-/m0/s1. The van der Waals surface area contributed by atoms with Crippen molar-refractivity contribution in [1.29, 1.82) is 0 Å². The number of carboxylic acid groups (broad SMARTS) is 1. The Kier molecular flexibility index (Phi) is 8.10. The van der Waals surface area contributed by atoms with Crippen LogP contribution in [0, 0.1) is 5.92 Å². The lowest BCUT2D eigenvalue weighted by Crippen LogP contribution is -2.22. The summed E-state index contributed by atoms with van der Waals surface area (Å²) >= 11 is 0. The zero-order valence-electron chi connectivity index (χ0n) is 15.6. The smallest absolute Gasteiger partial charge is 0.309 e. The SMILES string of the molecule is CCOCC(Cc1ccc(OC[C@H](O)c2cccc(OC)c2)cc1)C(=O)O. The van der Waals surface area contributed by atoms with Crippen molar-refractivity contribution in [2.24, 2.45) is 5.92 Å². The molecule has 2 atom stereocenters. The first-order valence-electron chi connectivity index (χ1n) is 8.87. The predicted molar refractivity (Wildman–Crippen MR) is 101 cm³/mol. The molecule has 0 radical (unpaired) electrons. The summed E-state index contributed by atoms with van der Waals surface area (Å²) in [6, 6.07) is 14.4. The highest BCUT2D eigenvalue weighted by molar-refractivity contribution is 5.70. The van der Waals surface area contributed by atoms with Crippen LogP contribution in [-0.4, -0.2) is 43.1 Å². The second-order valence-corrected chi connectivity index (χ2v) is 6.15. The number of aliphatic carboxylic acids is 1. The molecule has 2 N–H and O–H groups in total. The third-order valence-electron chi connectivity index (χ3n) is 4.16. The number of methoxy groups -OCH3 is 1. The lowest BCUT2D eigenvalue weighted by Gasteiger charge is -2.15. The lowest BCUT2D eigenvalue weighted by molar-refractivity contribution is -0.143. The molecule has 1 unspecified atom stereocenters. The monoisotopic (exact) mass is 374 g/mol. The number of rotatable bonds is 11. The van der Waals surface area contributed by atoms with Crippen LogP contribution >= 0.6 is 0 Å². The Bertz CT molecular complexity index is 713. The van der Waals surface area contributed by atoms with E-state index in [1.807, 2.05) is 37.3 Å². The van der Waals surface area contributed by atoms with E-state index in [0.717, 1.165) is 5.56 Å². The van der Waals surface area contributed by atoms with Gasteiger partial charge >= 0.3 is 5.97 Å². The highest BCUT2D eigenvalue weighted by atomic mass is 16.5. The van der Waals surface area contributed by atoms with Crippen LogP contribution < -0.4 is 9.47 Å². The molecule has 0 fully saturated rings. The molecular weight excluding hydrogens is 348 g/mol. The van der Waals surface area contributed by atoms with Crippen LogP contribution in [0.3, 0.4) is 0 Å². The summed E-state index contributed by atoms with van der Waals surface area (Å²) < 4.78 is 16.0. The molecule has 2 aromatic carbocycles. The van der Waals surface area contributed by atoms with Crippen molar-refractivity contribution in [3.63, 3.8) is 0 Å². The van der Waals surface area contributed by atoms with Crippen LogP contribution in [0.2, 0.25) is 0 Å². The first-order valence-corrected chi connectivity index (χ1v) is 8.87. The number of benzene rings is 2. The second kappa shape index (κ2) is 10.5. The minimum absolute atomic E-state index is 0.106. The summed E-state index contributed by atoms with van der Waals surface area (Å²) in [5.41, 5.74) is 1.61. The zero-order chi connectivity index (χ0) is 19.6. The molecule has 146 valence electrons. The molecule has 2 aromatic rings. The molecule has 6 nitrogen and oxygen atoms in total. The Morgan fingerprint density at radius 3 is 2.44 bits per heavy atom. The van der Waals surface area contributed by atoms with Gasteiger partial charge in [0.15, 0.2) is 0 Å². The lowest BCUT2D eigenvalue weighted by atomic mass is 10.0. The molecule has 0 bridgehead atoms. The Labute approximate surface area is 159 Å². The fraction of sp³-hybridized carbons (Fsp3) is 0.381. The molecule has 27 heavy (non-hydrogen) atoms. The van der Waals surface area contributed by atoms with Crippen molar-refractivity contribution in [1.82, 2.24) is 0 Å². The van der Waals surface area contributed by atoms with Gasteiger partial charge in [-0.25, -0.2) is 0 Å². The van der Waals surface area contributed by atoms with Crippen LogP contribution in [0.5, 0.6) is 11.5 Å². The fourth-order valence-electron chi connectivity index (χ4n) is 2.60. The summed E-state index contributed by atoms with van der Waals surface area (Å²) in [5.74, 6) is -0.162. The molecular formula is C21H26O6. The predicted octanol–water partition coefficient (Wildman–Crippen LogP) is 3.09. The maximum absolute atomic E-state index is 11.3. The molecule has 0 aliphatic heterocycles. The number of carboxylic acids is 1. The molecule has 6 heteroatoms. The highest BCUT2D eigenvalue weighted by Gasteiger charge is 2.18. The van der Waals surface area contributed by atoms with Gasteiger partial charge in [0, 0.05) is 6.61 Å². The summed E-state index contributed by atoms with van der Waals surface area (Å²) in [4.78, 5) is 11.3. The van der Waals surface area contributed by atoms with E-state index in [0.29, 0.717) is 30.1 Å².